The molecule has 0 spiro atoms. The maximum Gasteiger partial charge on any atom is 0.485 e. The fourth-order valence-electron chi connectivity index (χ4n) is 2.27. The quantitative estimate of drug-likeness (QED) is 0.216. The van der Waals surface area contributed by atoms with Crippen molar-refractivity contribution in [3.63, 3.8) is 0 Å². The van der Waals surface area contributed by atoms with Crippen molar-refractivity contribution in [1.29, 1.82) is 0 Å². The number of aromatic nitrogens is 1. The second-order valence-corrected chi connectivity index (χ2v) is 8.00. The van der Waals surface area contributed by atoms with Crippen LogP contribution in [0.1, 0.15) is 19.4 Å². The van der Waals surface area contributed by atoms with Crippen LogP contribution >= 0.6 is 0 Å². The average Bonchev–Trinajstić information content (AvgIpc) is 2.71. The number of rotatable bonds is 6. The van der Waals surface area contributed by atoms with Crippen molar-refractivity contribution in [2.75, 3.05) is 20.8 Å². The Morgan fingerprint density at radius 3 is 2.00 bits per heavy atom. The number of alkyl halides is 3. The molecule has 0 saturated heterocycles. The highest BCUT2D eigenvalue weighted by molar-refractivity contribution is 7.86. The molecule has 0 aliphatic rings. The van der Waals surface area contributed by atoms with Gasteiger partial charge in [0.15, 0.2) is 16.2 Å². The molecule has 0 saturated carbocycles. The van der Waals surface area contributed by atoms with Crippen LogP contribution in [0.15, 0.2) is 59.9 Å². The molecule has 0 fully saturated rings. The van der Waals surface area contributed by atoms with Gasteiger partial charge in [0, 0.05) is 25.2 Å². The zero-order valence-corrected chi connectivity index (χ0v) is 18.4. The second kappa shape index (κ2) is 11.8. The van der Waals surface area contributed by atoms with Crippen molar-refractivity contribution in [3.8, 4) is 5.75 Å². The zero-order chi connectivity index (χ0) is 23.7. The maximum atomic E-state index is 10.7. The van der Waals surface area contributed by atoms with Gasteiger partial charge >= 0.3 is 11.3 Å². The number of nitrogens with zero attached hydrogens (tertiary/aromatic N) is 2. The average molecular weight is 462 g/mol. The Hall–Kier alpha value is -2.50. The van der Waals surface area contributed by atoms with Crippen LogP contribution in [0.25, 0.3) is 0 Å². The number of halogens is 3. The van der Waals surface area contributed by atoms with E-state index in [0.29, 0.717) is 12.5 Å². The summed E-state index contributed by atoms with van der Waals surface area (Å²) in [7, 11) is -2.71. The summed E-state index contributed by atoms with van der Waals surface area (Å²) in [5.41, 5.74) is -4.57. The summed E-state index contributed by atoms with van der Waals surface area (Å²) >= 11 is 0. The minimum atomic E-state index is -6.09. The second-order valence-electron chi connectivity index (χ2n) is 6.63. The van der Waals surface area contributed by atoms with Crippen LogP contribution in [0, 0.1) is 5.92 Å². The third-order valence-electron chi connectivity index (χ3n) is 3.99. The van der Waals surface area contributed by atoms with E-state index in [4.69, 9.17) is 27.4 Å². The van der Waals surface area contributed by atoms with E-state index in [-0.39, 0.29) is 6.04 Å². The lowest BCUT2D eigenvalue weighted by Crippen LogP contribution is -2.44. The third-order valence-corrected chi connectivity index (χ3v) is 4.56. The van der Waals surface area contributed by atoms with Gasteiger partial charge in [-0.2, -0.15) is 13.2 Å². The van der Waals surface area contributed by atoms with E-state index in [1.54, 1.807) is 14.2 Å². The van der Waals surface area contributed by atoms with E-state index in [2.05, 4.69) is 26.0 Å². The number of aliphatic imine (C=N–C) groups is 1. The molecule has 0 N–H and O–H groups in total. The first-order valence-electron chi connectivity index (χ1n) is 9.10. The highest BCUT2D eigenvalue weighted by atomic mass is 32.2. The lowest BCUT2D eigenvalue weighted by atomic mass is 10.1. The molecule has 1 atom stereocenters. The number of ether oxygens (including phenoxy) is 2. The number of methoxy groups -OCH3 is 2. The molecule has 0 radical (unpaired) electrons. The van der Waals surface area contributed by atoms with Crippen molar-refractivity contribution >= 4 is 16.0 Å². The van der Waals surface area contributed by atoms with Gasteiger partial charge < -0.3 is 14.0 Å². The van der Waals surface area contributed by atoms with Crippen LogP contribution in [-0.2, 0) is 14.9 Å². The van der Waals surface area contributed by atoms with Gasteiger partial charge in [0.2, 0.25) is 0 Å². The number of hydrogen-bond acceptors (Lipinski definition) is 6. The first kappa shape index (κ1) is 26.5. The topological polar surface area (TPSA) is 91.9 Å². The molecule has 11 heteroatoms. The molecule has 31 heavy (non-hydrogen) atoms. The van der Waals surface area contributed by atoms with Crippen LogP contribution in [0.3, 0.4) is 0 Å². The molecular formula is C20H25F3N2O5S. The molecule has 0 aliphatic heterocycles. The van der Waals surface area contributed by atoms with E-state index in [1.165, 1.54) is 0 Å². The van der Waals surface area contributed by atoms with Crippen molar-refractivity contribution in [2.24, 2.45) is 10.9 Å². The molecule has 2 rings (SSSR count). The molecule has 0 unspecified atom stereocenters. The predicted molar refractivity (Wildman–Crippen MR) is 108 cm³/mol. The fourth-order valence-corrected chi connectivity index (χ4v) is 2.27. The predicted octanol–water partition coefficient (Wildman–Crippen LogP) is 3.00. The molecule has 1 heterocycles. The Morgan fingerprint density at radius 2 is 1.61 bits per heavy atom. The van der Waals surface area contributed by atoms with Gasteiger partial charge in [0.05, 0.1) is 31.7 Å². The molecule has 7 nitrogen and oxygen atoms in total. The summed E-state index contributed by atoms with van der Waals surface area (Å²) in [6, 6.07) is 14.2. The van der Waals surface area contributed by atoms with Gasteiger partial charge in [-0.1, -0.05) is 37.0 Å². The minimum Gasteiger partial charge on any atom is -0.741 e. The summed E-state index contributed by atoms with van der Waals surface area (Å²) in [5.74, 6) is 2.13. The summed E-state index contributed by atoms with van der Waals surface area (Å²) in [5, 5.41) is 0. The molecule has 1 aromatic heterocycles. The van der Waals surface area contributed by atoms with E-state index in [1.807, 2.05) is 47.3 Å². The van der Waals surface area contributed by atoms with Crippen LogP contribution in [0.5, 0.6) is 5.75 Å². The first-order chi connectivity index (χ1) is 14.4. The Bertz CT molecular complexity index is 932. The lowest BCUT2D eigenvalue weighted by molar-refractivity contribution is -0.554. The third kappa shape index (κ3) is 8.64. The molecule has 1 aromatic carbocycles. The molecule has 0 bridgehead atoms. The fraction of sp³-hybridized carbons (Fsp3) is 0.400. The van der Waals surface area contributed by atoms with Crippen molar-refractivity contribution in [1.82, 2.24) is 0 Å². The van der Waals surface area contributed by atoms with Crippen LogP contribution in [-0.4, -0.2) is 51.2 Å². The number of benzene rings is 1. The molecule has 2 aromatic rings. The van der Waals surface area contributed by atoms with Crippen molar-refractivity contribution in [3.05, 3.63) is 60.4 Å². The Balaban J connectivity index is 0.000000512. The van der Waals surface area contributed by atoms with Crippen LogP contribution in [0.2, 0.25) is 0 Å². The number of pyridine rings is 1. The normalized spacial score (nSPS) is 13.4. The van der Waals surface area contributed by atoms with Crippen LogP contribution < -0.4 is 9.30 Å². The van der Waals surface area contributed by atoms with Gasteiger partial charge in [-0.05, 0) is 12.1 Å². The van der Waals surface area contributed by atoms with Gasteiger partial charge in [-0.15, -0.1) is 0 Å². The lowest BCUT2D eigenvalue weighted by Gasteiger charge is -2.12. The zero-order valence-electron chi connectivity index (χ0n) is 17.5. The van der Waals surface area contributed by atoms with Crippen molar-refractivity contribution in [2.45, 2.75) is 25.4 Å². The molecule has 0 aliphatic carbocycles. The highest BCUT2D eigenvalue weighted by Crippen LogP contribution is 2.20. The Morgan fingerprint density at radius 1 is 1.10 bits per heavy atom. The SMILES string of the molecule is COC[C@@H](N=C(c1ccccc1)[n+]1ccc(OC)cc1)C(C)C.O=S(=O)([O-])C(F)(F)F. The minimum absolute atomic E-state index is 0.102. The smallest absolute Gasteiger partial charge is 0.485 e. The molecule has 0 amide bonds. The maximum absolute atomic E-state index is 10.7. The standard InChI is InChI=1S/C19H25N2O2.CHF3O3S/c1-15(2)18(14-22-3)20-19(16-8-6-5-7-9-16)21-12-10-17(23-4)11-13-21;2-1(3,4)8(5,6)7/h5-13,15,18H,14H2,1-4H3;(H,5,6,7)/q+1;/p-1/t18-;/m1./s1. The molecular weight excluding hydrogens is 437 g/mol. The van der Waals surface area contributed by atoms with E-state index < -0.39 is 15.6 Å². The summed E-state index contributed by atoms with van der Waals surface area (Å²) in [6.07, 6.45) is 3.93. The van der Waals surface area contributed by atoms with Gasteiger partial charge in [0.1, 0.15) is 5.75 Å². The first-order valence-corrected chi connectivity index (χ1v) is 10.5. The van der Waals surface area contributed by atoms with E-state index >= 15 is 0 Å². The largest absolute Gasteiger partial charge is 0.741 e. The highest BCUT2D eigenvalue weighted by Gasteiger charge is 2.36. The van der Waals surface area contributed by atoms with E-state index in [0.717, 1.165) is 17.1 Å². The Labute approximate surface area is 179 Å². The number of hydrogen-bond donors (Lipinski definition) is 0. The summed E-state index contributed by atoms with van der Waals surface area (Å²) in [6.45, 7) is 4.92. The van der Waals surface area contributed by atoms with Gasteiger partial charge in [0.25, 0.3) is 0 Å². The molecule has 172 valence electrons. The van der Waals surface area contributed by atoms with Crippen molar-refractivity contribution < 1.29 is 40.2 Å². The van der Waals surface area contributed by atoms with Crippen LogP contribution in [0.4, 0.5) is 13.2 Å². The van der Waals surface area contributed by atoms with E-state index in [9.17, 15) is 13.2 Å². The Kier molecular flexibility index (Phi) is 10.1. The van der Waals surface area contributed by atoms with Gasteiger partial charge in [-0.25, -0.2) is 13.0 Å². The monoisotopic (exact) mass is 462 g/mol. The summed E-state index contributed by atoms with van der Waals surface area (Å²) < 4.78 is 71.5. The summed E-state index contributed by atoms with van der Waals surface area (Å²) in [4.78, 5) is 4.98. The van der Waals surface area contributed by atoms with Gasteiger partial charge in [-0.3, -0.25) is 0 Å².